The molecule has 3 rings (SSSR count). The van der Waals surface area contributed by atoms with Crippen molar-refractivity contribution in [3.05, 3.63) is 53.7 Å². The van der Waals surface area contributed by atoms with Crippen LogP contribution >= 0.6 is 0 Å². The number of nitrogens with zero attached hydrogens (tertiary/aromatic N) is 2. The molecule has 7 heteroatoms. The third kappa shape index (κ3) is 4.65. The number of morpholine rings is 1. The van der Waals surface area contributed by atoms with E-state index in [0.29, 0.717) is 23.5 Å². The summed E-state index contributed by atoms with van der Waals surface area (Å²) < 4.78 is 5.31. The van der Waals surface area contributed by atoms with Crippen molar-refractivity contribution >= 4 is 11.8 Å². The number of nitrogens with two attached hydrogens (primary N) is 1. The van der Waals surface area contributed by atoms with Crippen molar-refractivity contribution in [3.8, 4) is 11.3 Å². The summed E-state index contributed by atoms with van der Waals surface area (Å²) in [6.07, 6.45) is 0. The van der Waals surface area contributed by atoms with Crippen molar-refractivity contribution in [2.75, 3.05) is 39.4 Å². The maximum absolute atomic E-state index is 12.3. The molecule has 3 N–H and O–H groups in total. The predicted octanol–water partition coefficient (Wildman–Crippen LogP) is 0.909. The van der Waals surface area contributed by atoms with Gasteiger partial charge < -0.3 is 15.8 Å². The topological polar surface area (TPSA) is 97.5 Å². The second kappa shape index (κ2) is 8.55. The molecule has 0 aliphatic carbocycles. The summed E-state index contributed by atoms with van der Waals surface area (Å²) in [5, 5.41) is 2.90. The summed E-state index contributed by atoms with van der Waals surface area (Å²) in [5.74, 6) is -0.674. The van der Waals surface area contributed by atoms with Crippen LogP contribution in [0, 0.1) is 0 Å². The largest absolute Gasteiger partial charge is 0.379 e. The Morgan fingerprint density at radius 3 is 2.54 bits per heavy atom. The minimum Gasteiger partial charge on any atom is -0.379 e. The molecule has 1 fully saturated rings. The van der Waals surface area contributed by atoms with Crippen LogP contribution < -0.4 is 11.1 Å². The molecule has 2 amide bonds. The number of hydrogen-bond donors (Lipinski definition) is 2. The minimum atomic E-state index is -0.474. The Morgan fingerprint density at radius 1 is 1.12 bits per heavy atom. The number of pyridine rings is 1. The summed E-state index contributed by atoms with van der Waals surface area (Å²) in [7, 11) is 0. The lowest BCUT2D eigenvalue weighted by Crippen LogP contribution is -2.41. The lowest BCUT2D eigenvalue weighted by molar-refractivity contribution is 0.0383. The van der Waals surface area contributed by atoms with Crippen molar-refractivity contribution in [2.45, 2.75) is 0 Å². The maximum atomic E-state index is 12.3. The number of hydrogen-bond acceptors (Lipinski definition) is 5. The van der Waals surface area contributed by atoms with Crippen LogP contribution in [0.5, 0.6) is 0 Å². The van der Waals surface area contributed by atoms with Crippen LogP contribution in [0.25, 0.3) is 11.3 Å². The van der Waals surface area contributed by atoms with Gasteiger partial charge in [-0.3, -0.25) is 14.5 Å². The van der Waals surface area contributed by atoms with Gasteiger partial charge in [0.1, 0.15) is 5.69 Å². The van der Waals surface area contributed by atoms with Gasteiger partial charge in [0.25, 0.3) is 5.91 Å². The monoisotopic (exact) mass is 354 g/mol. The van der Waals surface area contributed by atoms with E-state index in [0.717, 1.165) is 38.4 Å². The van der Waals surface area contributed by atoms with Gasteiger partial charge in [-0.2, -0.15) is 0 Å². The Labute approximate surface area is 152 Å². The third-order valence-corrected chi connectivity index (χ3v) is 4.26. The van der Waals surface area contributed by atoms with Crippen molar-refractivity contribution < 1.29 is 14.3 Å². The molecule has 0 bridgehead atoms. The van der Waals surface area contributed by atoms with Gasteiger partial charge in [0, 0.05) is 37.3 Å². The quantitative estimate of drug-likeness (QED) is 0.804. The molecule has 0 saturated carbocycles. The van der Waals surface area contributed by atoms with Crippen LogP contribution in [0.4, 0.5) is 0 Å². The van der Waals surface area contributed by atoms with Crippen molar-refractivity contribution in [1.29, 1.82) is 0 Å². The van der Waals surface area contributed by atoms with Crippen LogP contribution in [0.3, 0.4) is 0 Å². The molecule has 2 heterocycles. The standard InChI is InChI=1S/C19H22N4O3/c20-18(24)15-6-4-14(5-7-15)16-2-1-3-17(22-16)19(25)21-8-9-23-10-12-26-13-11-23/h1-7H,8-13H2,(H2,20,24)(H,21,25). The highest BCUT2D eigenvalue weighted by Gasteiger charge is 2.12. The van der Waals surface area contributed by atoms with Crippen LogP contribution in [-0.2, 0) is 4.74 Å². The maximum Gasteiger partial charge on any atom is 0.269 e. The SMILES string of the molecule is NC(=O)c1ccc(-c2cccc(C(=O)NCCN3CCOCC3)n2)cc1. The van der Waals surface area contributed by atoms with Crippen LogP contribution in [0.1, 0.15) is 20.8 Å². The van der Waals surface area contributed by atoms with Gasteiger partial charge >= 0.3 is 0 Å². The first-order valence-corrected chi connectivity index (χ1v) is 8.59. The predicted molar refractivity (Wildman–Crippen MR) is 97.8 cm³/mol. The molecule has 7 nitrogen and oxygen atoms in total. The van der Waals surface area contributed by atoms with Gasteiger partial charge in [-0.25, -0.2) is 4.98 Å². The molecule has 1 aliphatic heterocycles. The average Bonchev–Trinajstić information content (AvgIpc) is 2.69. The fourth-order valence-electron chi connectivity index (χ4n) is 2.77. The zero-order valence-electron chi connectivity index (χ0n) is 14.5. The van der Waals surface area contributed by atoms with E-state index in [-0.39, 0.29) is 5.91 Å². The van der Waals surface area contributed by atoms with Crippen molar-refractivity contribution in [3.63, 3.8) is 0 Å². The normalized spacial score (nSPS) is 14.8. The molecule has 0 atom stereocenters. The Hall–Kier alpha value is -2.77. The Kier molecular flexibility index (Phi) is 5.93. The second-order valence-corrected chi connectivity index (χ2v) is 6.06. The van der Waals surface area contributed by atoms with Crippen LogP contribution in [0.15, 0.2) is 42.5 Å². The number of primary amides is 1. The molecular formula is C19H22N4O3. The third-order valence-electron chi connectivity index (χ3n) is 4.26. The summed E-state index contributed by atoms with van der Waals surface area (Å²) in [5.41, 5.74) is 7.53. The van der Waals surface area contributed by atoms with E-state index in [1.807, 2.05) is 6.07 Å². The molecule has 0 unspecified atom stereocenters. The molecule has 26 heavy (non-hydrogen) atoms. The molecule has 1 aromatic heterocycles. The lowest BCUT2D eigenvalue weighted by atomic mass is 10.1. The molecule has 0 radical (unpaired) electrons. The van der Waals surface area contributed by atoms with Crippen LogP contribution in [-0.4, -0.2) is 61.1 Å². The molecule has 136 valence electrons. The fourth-order valence-corrected chi connectivity index (χ4v) is 2.77. The molecule has 1 aromatic carbocycles. The van der Waals surface area contributed by atoms with Crippen LogP contribution in [0.2, 0.25) is 0 Å². The van der Waals surface area contributed by atoms with Crippen molar-refractivity contribution in [1.82, 2.24) is 15.2 Å². The Balaban J connectivity index is 1.60. The number of benzene rings is 1. The molecule has 0 spiro atoms. The second-order valence-electron chi connectivity index (χ2n) is 6.06. The van der Waals surface area contributed by atoms with Gasteiger partial charge in [0.05, 0.1) is 18.9 Å². The van der Waals surface area contributed by atoms with E-state index in [1.165, 1.54) is 0 Å². The Bertz CT molecular complexity index is 771. The fraction of sp³-hybridized carbons (Fsp3) is 0.316. The summed E-state index contributed by atoms with van der Waals surface area (Å²) in [6.45, 7) is 4.63. The van der Waals surface area contributed by atoms with Gasteiger partial charge in [0.15, 0.2) is 0 Å². The zero-order valence-corrected chi connectivity index (χ0v) is 14.5. The van der Waals surface area contributed by atoms with E-state index in [1.54, 1.807) is 36.4 Å². The van der Waals surface area contributed by atoms with E-state index in [2.05, 4.69) is 15.2 Å². The first kappa shape index (κ1) is 18.0. The first-order chi connectivity index (χ1) is 12.6. The summed E-state index contributed by atoms with van der Waals surface area (Å²) >= 11 is 0. The minimum absolute atomic E-state index is 0.200. The molecular weight excluding hydrogens is 332 g/mol. The number of rotatable bonds is 6. The highest BCUT2D eigenvalue weighted by molar-refractivity contribution is 5.94. The summed E-state index contributed by atoms with van der Waals surface area (Å²) in [4.78, 5) is 30.2. The Morgan fingerprint density at radius 2 is 1.85 bits per heavy atom. The van der Waals surface area contributed by atoms with E-state index in [9.17, 15) is 9.59 Å². The van der Waals surface area contributed by atoms with E-state index < -0.39 is 5.91 Å². The summed E-state index contributed by atoms with van der Waals surface area (Å²) in [6, 6.07) is 12.1. The smallest absolute Gasteiger partial charge is 0.269 e. The van der Waals surface area contributed by atoms with E-state index >= 15 is 0 Å². The number of aromatic nitrogens is 1. The lowest BCUT2D eigenvalue weighted by Gasteiger charge is -2.26. The highest BCUT2D eigenvalue weighted by atomic mass is 16.5. The molecule has 1 aliphatic rings. The zero-order chi connectivity index (χ0) is 18.4. The number of nitrogens with one attached hydrogen (secondary N) is 1. The van der Waals surface area contributed by atoms with Gasteiger partial charge in [-0.05, 0) is 24.3 Å². The highest BCUT2D eigenvalue weighted by Crippen LogP contribution is 2.18. The first-order valence-electron chi connectivity index (χ1n) is 8.59. The average molecular weight is 354 g/mol. The number of carbonyl (C=O) groups is 2. The number of ether oxygens (including phenoxy) is 1. The molecule has 1 saturated heterocycles. The molecule has 2 aromatic rings. The van der Waals surface area contributed by atoms with Gasteiger partial charge in [-0.1, -0.05) is 18.2 Å². The number of carbonyl (C=O) groups excluding carboxylic acids is 2. The number of amides is 2. The van der Waals surface area contributed by atoms with Gasteiger partial charge in [-0.15, -0.1) is 0 Å². The van der Waals surface area contributed by atoms with Gasteiger partial charge in [0.2, 0.25) is 5.91 Å². The van der Waals surface area contributed by atoms with Crippen molar-refractivity contribution in [2.24, 2.45) is 5.73 Å². The van der Waals surface area contributed by atoms with E-state index in [4.69, 9.17) is 10.5 Å².